The molecule has 4 heteroatoms. The Kier molecular flexibility index (Phi) is 3.53. The molecule has 0 aliphatic heterocycles. The van der Waals surface area contributed by atoms with Gasteiger partial charge in [-0.15, -0.1) is 11.3 Å². The molecule has 0 N–H and O–H groups in total. The number of thiazole rings is 1. The number of hydrogen-bond donors (Lipinski definition) is 0. The van der Waals surface area contributed by atoms with Crippen molar-refractivity contribution < 1.29 is 4.79 Å². The van der Waals surface area contributed by atoms with Crippen LogP contribution in [-0.2, 0) is 5.75 Å². The lowest BCUT2D eigenvalue weighted by atomic mass is 10.2. The summed E-state index contributed by atoms with van der Waals surface area (Å²) in [5, 5.41) is 0. The fraction of sp³-hybridized carbons (Fsp3) is 0.0909. The first-order valence-corrected chi connectivity index (χ1v) is 6.26. The molecule has 76 valence electrons. The Hall–Kier alpha value is -1.13. The van der Waals surface area contributed by atoms with Crippen LogP contribution < -0.4 is 0 Å². The van der Waals surface area contributed by atoms with Crippen LogP contribution in [0.1, 0.15) is 15.2 Å². The SMILES string of the molecule is O=Cc1cnc(SCc2ccccc2)s1. The highest BCUT2D eigenvalue weighted by Gasteiger charge is 2.01. The predicted molar refractivity (Wildman–Crippen MR) is 63.5 cm³/mol. The summed E-state index contributed by atoms with van der Waals surface area (Å²) in [6.07, 6.45) is 2.45. The van der Waals surface area contributed by atoms with E-state index in [2.05, 4.69) is 17.1 Å². The van der Waals surface area contributed by atoms with Crippen LogP contribution in [0.2, 0.25) is 0 Å². The molecule has 0 saturated carbocycles. The third kappa shape index (κ3) is 2.91. The third-order valence-electron chi connectivity index (χ3n) is 1.82. The molecule has 0 atom stereocenters. The third-order valence-corrected chi connectivity index (χ3v) is 3.97. The molecule has 1 aromatic heterocycles. The molecule has 0 saturated heterocycles. The molecule has 0 aliphatic carbocycles. The predicted octanol–water partition coefficient (Wildman–Crippen LogP) is 3.25. The van der Waals surface area contributed by atoms with E-state index < -0.39 is 0 Å². The zero-order valence-electron chi connectivity index (χ0n) is 7.92. The van der Waals surface area contributed by atoms with E-state index in [-0.39, 0.29) is 0 Å². The lowest BCUT2D eigenvalue weighted by molar-refractivity contribution is 0.112. The van der Waals surface area contributed by atoms with Gasteiger partial charge < -0.3 is 0 Å². The fourth-order valence-electron chi connectivity index (χ4n) is 1.11. The zero-order chi connectivity index (χ0) is 10.5. The van der Waals surface area contributed by atoms with Crippen molar-refractivity contribution >= 4 is 29.4 Å². The molecule has 1 aromatic carbocycles. The molecular weight excluding hydrogens is 226 g/mol. The lowest BCUT2D eigenvalue weighted by Crippen LogP contribution is -1.77. The van der Waals surface area contributed by atoms with E-state index in [1.165, 1.54) is 16.9 Å². The van der Waals surface area contributed by atoms with Gasteiger partial charge in [0.2, 0.25) is 0 Å². The van der Waals surface area contributed by atoms with Crippen molar-refractivity contribution in [3.8, 4) is 0 Å². The molecule has 0 radical (unpaired) electrons. The van der Waals surface area contributed by atoms with Crippen LogP contribution in [0.15, 0.2) is 40.9 Å². The lowest BCUT2D eigenvalue weighted by Gasteiger charge is -1.97. The molecule has 2 rings (SSSR count). The normalized spacial score (nSPS) is 10.1. The minimum atomic E-state index is 0.686. The highest BCUT2D eigenvalue weighted by Crippen LogP contribution is 2.26. The molecule has 2 nitrogen and oxygen atoms in total. The Balaban J connectivity index is 1.96. The van der Waals surface area contributed by atoms with Gasteiger partial charge in [0.1, 0.15) is 0 Å². The number of nitrogens with zero attached hydrogens (tertiary/aromatic N) is 1. The molecule has 15 heavy (non-hydrogen) atoms. The Morgan fingerprint density at radius 2 is 2.13 bits per heavy atom. The van der Waals surface area contributed by atoms with Crippen molar-refractivity contribution in [2.75, 3.05) is 0 Å². The molecule has 0 unspecified atom stereocenters. The van der Waals surface area contributed by atoms with Crippen LogP contribution in [0.4, 0.5) is 0 Å². The van der Waals surface area contributed by atoms with Crippen LogP contribution in [-0.4, -0.2) is 11.3 Å². The molecule has 0 spiro atoms. The van der Waals surface area contributed by atoms with E-state index >= 15 is 0 Å². The first-order chi connectivity index (χ1) is 7.38. The van der Waals surface area contributed by atoms with Gasteiger partial charge in [-0.1, -0.05) is 42.1 Å². The monoisotopic (exact) mass is 235 g/mol. The Bertz CT molecular complexity index is 439. The summed E-state index contributed by atoms with van der Waals surface area (Å²) in [5.74, 6) is 0.895. The van der Waals surface area contributed by atoms with Crippen molar-refractivity contribution in [2.24, 2.45) is 0 Å². The Morgan fingerprint density at radius 3 is 2.80 bits per heavy atom. The van der Waals surface area contributed by atoms with Crippen LogP contribution >= 0.6 is 23.1 Å². The van der Waals surface area contributed by atoms with E-state index in [9.17, 15) is 4.79 Å². The second-order valence-corrected chi connectivity index (χ2v) is 5.21. The molecule has 1 heterocycles. The van der Waals surface area contributed by atoms with Crippen molar-refractivity contribution in [1.82, 2.24) is 4.98 Å². The Labute approximate surface area is 96.4 Å². The minimum absolute atomic E-state index is 0.686. The van der Waals surface area contributed by atoms with Gasteiger partial charge in [0.05, 0.1) is 4.88 Å². The zero-order valence-corrected chi connectivity index (χ0v) is 9.55. The van der Waals surface area contributed by atoms with E-state index in [1.807, 2.05) is 18.2 Å². The standard InChI is InChI=1S/C11H9NOS2/c13-7-10-6-12-11(15-10)14-8-9-4-2-1-3-5-9/h1-7H,8H2. The van der Waals surface area contributed by atoms with Crippen LogP contribution in [0.5, 0.6) is 0 Å². The maximum Gasteiger partial charge on any atom is 0.161 e. The number of carbonyl (C=O) groups excluding carboxylic acids is 1. The largest absolute Gasteiger partial charge is 0.297 e. The summed E-state index contributed by atoms with van der Waals surface area (Å²) in [7, 11) is 0. The second kappa shape index (κ2) is 5.09. The van der Waals surface area contributed by atoms with Crippen LogP contribution in [0.25, 0.3) is 0 Å². The molecule has 0 bridgehead atoms. The van der Waals surface area contributed by atoms with E-state index in [0.717, 1.165) is 16.4 Å². The van der Waals surface area contributed by atoms with Gasteiger partial charge in [0.15, 0.2) is 10.6 Å². The maximum atomic E-state index is 10.5. The fourth-order valence-corrected chi connectivity index (χ4v) is 2.88. The summed E-state index contributed by atoms with van der Waals surface area (Å²) >= 11 is 3.09. The molecule has 0 amide bonds. The van der Waals surface area contributed by atoms with Crippen LogP contribution in [0.3, 0.4) is 0 Å². The van der Waals surface area contributed by atoms with Crippen molar-refractivity contribution in [3.05, 3.63) is 47.0 Å². The smallest absolute Gasteiger partial charge is 0.161 e. The van der Waals surface area contributed by atoms with Gasteiger partial charge in [-0.25, -0.2) is 4.98 Å². The number of carbonyl (C=O) groups is 1. The molecule has 0 fully saturated rings. The van der Waals surface area contributed by atoms with Crippen molar-refractivity contribution in [1.29, 1.82) is 0 Å². The van der Waals surface area contributed by atoms with Gasteiger partial charge in [-0.3, -0.25) is 4.79 Å². The highest BCUT2D eigenvalue weighted by molar-refractivity contribution is 8.00. The number of aromatic nitrogens is 1. The Morgan fingerprint density at radius 1 is 1.33 bits per heavy atom. The topological polar surface area (TPSA) is 30.0 Å². The summed E-state index contributed by atoms with van der Waals surface area (Å²) in [6.45, 7) is 0. The number of hydrogen-bond acceptors (Lipinski definition) is 4. The molecule has 2 aromatic rings. The number of aldehydes is 1. The van der Waals surface area contributed by atoms with Gasteiger partial charge in [0, 0.05) is 11.9 Å². The quantitative estimate of drug-likeness (QED) is 0.602. The number of rotatable bonds is 4. The highest BCUT2D eigenvalue weighted by atomic mass is 32.2. The van der Waals surface area contributed by atoms with Crippen molar-refractivity contribution in [3.63, 3.8) is 0 Å². The van der Waals surface area contributed by atoms with Gasteiger partial charge >= 0.3 is 0 Å². The molecule has 0 aliphatic rings. The van der Waals surface area contributed by atoms with Gasteiger partial charge in [-0.05, 0) is 5.56 Å². The summed E-state index contributed by atoms with van der Waals surface area (Å²) in [4.78, 5) is 15.3. The van der Waals surface area contributed by atoms with Gasteiger partial charge in [-0.2, -0.15) is 0 Å². The number of benzene rings is 1. The summed E-state index contributed by atoms with van der Waals surface area (Å²) in [5.41, 5.74) is 1.27. The average molecular weight is 235 g/mol. The summed E-state index contributed by atoms with van der Waals surface area (Å²) < 4.78 is 0.945. The van der Waals surface area contributed by atoms with E-state index in [0.29, 0.717) is 4.88 Å². The van der Waals surface area contributed by atoms with Gasteiger partial charge in [0.25, 0.3) is 0 Å². The number of thioether (sulfide) groups is 1. The summed E-state index contributed by atoms with van der Waals surface area (Å²) in [6, 6.07) is 10.2. The first kappa shape index (κ1) is 10.4. The van der Waals surface area contributed by atoms with E-state index in [4.69, 9.17) is 0 Å². The molecular formula is C11H9NOS2. The average Bonchev–Trinajstić information content (AvgIpc) is 2.76. The van der Waals surface area contributed by atoms with Crippen LogP contribution in [0, 0.1) is 0 Å². The maximum absolute atomic E-state index is 10.5. The first-order valence-electron chi connectivity index (χ1n) is 4.46. The van der Waals surface area contributed by atoms with E-state index in [1.54, 1.807) is 18.0 Å². The van der Waals surface area contributed by atoms with Crippen molar-refractivity contribution in [2.45, 2.75) is 10.1 Å². The second-order valence-electron chi connectivity index (χ2n) is 2.92. The minimum Gasteiger partial charge on any atom is -0.297 e.